The van der Waals surface area contributed by atoms with Gasteiger partial charge in [-0.25, -0.2) is 4.68 Å². The van der Waals surface area contributed by atoms with Crippen molar-refractivity contribution in [3.63, 3.8) is 0 Å². The minimum absolute atomic E-state index is 0.0266. The van der Waals surface area contributed by atoms with Crippen molar-refractivity contribution < 1.29 is 4.79 Å². The molecule has 4 rings (SSSR count). The van der Waals surface area contributed by atoms with Crippen molar-refractivity contribution in [3.05, 3.63) is 113 Å². The Kier molecular flexibility index (Phi) is 6.47. The standard InChI is InChI=1S/C28H24N4O/c1-20-13-15-23(16-14-20)27-25(19-32(31-27)26-11-7-4-8-12-26)17-24(18-29)28(33)30-21(2)22-9-5-3-6-10-22/h3-17,19,21H,1-2H3,(H,30,33). The quantitative estimate of drug-likeness (QED) is 0.317. The van der Waals surface area contributed by atoms with Gasteiger partial charge in [-0.1, -0.05) is 78.4 Å². The summed E-state index contributed by atoms with van der Waals surface area (Å²) in [7, 11) is 0. The molecule has 0 radical (unpaired) electrons. The Morgan fingerprint density at radius 1 is 1.00 bits per heavy atom. The molecular formula is C28H24N4O. The molecule has 162 valence electrons. The molecule has 1 aromatic heterocycles. The average Bonchev–Trinajstić information content (AvgIpc) is 3.28. The van der Waals surface area contributed by atoms with Crippen LogP contribution in [0.2, 0.25) is 0 Å². The molecule has 1 unspecified atom stereocenters. The molecule has 1 heterocycles. The van der Waals surface area contributed by atoms with Gasteiger partial charge >= 0.3 is 0 Å². The highest BCUT2D eigenvalue weighted by molar-refractivity contribution is 6.02. The summed E-state index contributed by atoms with van der Waals surface area (Å²) < 4.78 is 1.76. The molecule has 0 aliphatic rings. The van der Waals surface area contributed by atoms with Crippen molar-refractivity contribution in [3.8, 4) is 23.0 Å². The fourth-order valence-corrected chi connectivity index (χ4v) is 3.55. The highest BCUT2D eigenvalue weighted by Crippen LogP contribution is 2.26. The van der Waals surface area contributed by atoms with Gasteiger partial charge in [0.25, 0.3) is 5.91 Å². The van der Waals surface area contributed by atoms with Gasteiger partial charge in [0.1, 0.15) is 11.6 Å². The molecule has 5 nitrogen and oxygen atoms in total. The van der Waals surface area contributed by atoms with Crippen molar-refractivity contribution >= 4 is 12.0 Å². The summed E-state index contributed by atoms with van der Waals surface area (Å²) in [6.07, 6.45) is 3.45. The van der Waals surface area contributed by atoms with E-state index < -0.39 is 5.91 Å². The molecule has 0 fully saturated rings. The number of amides is 1. The Hall–Kier alpha value is -4.43. The van der Waals surface area contributed by atoms with Gasteiger partial charge < -0.3 is 5.32 Å². The van der Waals surface area contributed by atoms with Crippen LogP contribution in [0.15, 0.2) is 96.7 Å². The highest BCUT2D eigenvalue weighted by atomic mass is 16.1. The smallest absolute Gasteiger partial charge is 0.262 e. The Bertz CT molecular complexity index is 1310. The SMILES string of the molecule is Cc1ccc(-c2nn(-c3ccccc3)cc2C=C(C#N)C(=O)NC(C)c2ccccc2)cc1. The van der Waals surface area contributed by atoms with Crippen LogP contribution in [0.25, 0.3) is 23.0 Å². The van der Waals surface area contributed by atoms with Crippen LogP contribution in [0.3, 0.4) is 0 Å². The van der Waals surface area contributed by atoms with E-state index in [-0.39, 0.29) is 11.6 Å². The summed E-state index contributed by atoms with van der Waals surface area (Å²) in [6.45, 7) is 3.92. The molecule has 3 aromatic carbocycles. The summed E-state index contributed by atoms with van der Waals surface area (Å²) in [5.74, 6) is -0.420. The third-order valence-corrected chi connectivity index (χ3v) is 5.40. The van der Waals surface area contributed by atoms with Gasteiger partial charge in [0, 0.05) is 17.3 Å². The first-order valence-electron chi connectivity index (χ1n) is 10.7. The monoisotopic (exact) mass is 432 g/mol. The Labute approximate surface area is 193 Å². The van der Waals surface area contributed by atoms with Crippen molar-refractivity contribution in [2.24, 2.45) is 0 Å². The van der Waals surface area contributed by atoms with E-state index in [1.165, 1.54) is 0 Å². The molecule has 5 heteroatoms. The number of nitriles is 1. The van der Waals surface area contributed by atoms with E-state index in [0.29, 0.717) is 11.3 Å². The summed E-state index contributed by atoms with van der Waals surface area (Å²) in [5.41, 5.74) is 5.35. The van der Waals surface area contributed by atoms with Crippen LogP contribution in [0.5, 0.6) is 0 Å². The molecule has 4 aromatic rings. The summed E-state index contributed by atoms with van der Waals surface area (Å²) in [5, 5.41) is 17.4. The molecule has 0 spiro atoms. The molecule has 0 aliphatic heterocycles. The van der Waals surface area contributed by atoms with Crippen LogP contribution in [-0.4, -0.2) is 15.7 Å². The second-order valence-corrected chi connectivity index (χ2v) is 7.85. The zero-order chi connectivity index (χ0) is 23.2. The van der Waals surface area contributed by atoms with Crippen LogP contribution in [0, 0.1) is 18.3 Å². The zero-order valence-corrected chi connectivity index (χ0v) is 18.6. The Morgan fingerprint density at radius 2 is 1.64 bits per heavy atom. The van der Waals surface area contributed by atoms with E-state index >= 15 is 0 Å². The fraction of sp³-hybridized carbons (Fsp3) is 0.107. The molecular weight excluding hydrogens is 408 g/mol. The van der Waals surface area contributed by atoms with E-state index in [0.717, 1.165) is 22.4 Å². The van der Waals surface area contributed by atoms with Crippen molar-refractivity contribution in [1.82, 2.24) is 15.1 Å². The first-order valence-corrected chi connectivity index (χ1v) is 10.7. The zero-order valence-electron chi connectivity index (χ0n) is 18.6. The van der Waals surface area contributed by atoms with Gasteiger partial charge in [0.05, 0.1) is 17.4 Å². The van der Waals surface area contributed by atoms with Crippen LogP contribution in [-0.2, 0) is 4.79 Å². The van der Waals surface area contributed by atoms with Gasteiger partial charge in [0.2, 0.25) is 0 Å². The van der Waals surface area contributed by atoms with Crippen LogP contribution < -0.4 is 5.32 Å². The number of rotatable bonds is 6. The summed E-state index contributed by atoms with van der Waals surface area (Å²) in [4.78, 5) is 12.9. The van der Waals surface area contributed by atoms with E-state index in [9.17, 15) is 10.1 Å². The molecule has 0 bridgehead atoms. The van der Waals surface area contributed by atoms with Crippen molar-refractivity contribution in [2.75, 3.05) is 0 Å². The number of carbonyl (C=O) groups is 1. The molecule has 0 saturated heterocycles. The van der Waals surface area contributed by atoms with E-state index in [4.69, 9.17) is 5.10 Å². The first-order chi connectivity index (χ1) is 16.0. The minimum atomic E-state index is -0.420. The van der Waals surface area contributed by atoms with Gasteiger partial charge in [0.15, 0.2) is 0 Å². The number of aromatic nitrogens is 2. The van der Waals surface area contributed by atoms with Crippen LogP contribution in [0.1, 0.15) is 29.7 Å². The predicted octanol–water partition coefficient (Wildman–Crippen LogP) is 5.63. The van der Waals surface area contributed by atoms with E-state index in [2.05, 4.69) is 11.4 Å². The number of nitrogens with zero attached hydrogens (tertiary/aromatic N) is 3. The maximum Gasteiger partial charge on any atom is 0.262 e. The maximum absolute atomic E-state index is 12.9. The third kappa shape index (κ3) is 5.08. The van der Waals surface area contributed by atoms with E-state index in [1.807, 2.05) is 105 Å². The largest absolute Gasteiger partial charge is 0.345 e. The molecule has 1 atom stereocenters. The lowest BCUT2D eigenvalue weighted by atomic mass is 10.0. The molecule has 0 aliphatic carbocycles. The number of aryl methyl sites for hydroxylation is 1. The fourth-order valence-electron chi connectivity index (χ4n) is 3.55. The molecule has 0 saturated carbocycles. The second kappa shape index (κ2) is 9.80. The summed E-state index contributed by atoms with van der Waals surface area (Å²) >= 11 is 0. The third-order valence-electron chi connectivity index (χ3n) is 5.40. The van der Waals surface area contributed by atoms with Crippen LogP contribution >= 0.6 is 0 Å². The Morgan fingerprint density at radius 3 is 2.27 bits per heavy atom. The predicted molar refractivity (Wildman–Crippen MR) is 130 cm³/mol. The molecule has 1 amide bonds. The highest BCUT2D eigenvalue weighted by Gasteiger charge is 2.17. The van der Waals surface area contributed by atoms with Crippen molar-refractivity contribution in [1.29, 1.82) is 5.26 Å². The second-order valence-electron chi connectivity index (χ2n) is 7.85. The van der Waals surface area contributed by atoms with Crippen molar-refractivity contribution in [2.45, 2.75) is 19.9 Å². The number of benzene rings is 3. The lowest BCUT2D eigenvalue weighted by molar-refractivity contribution is -0.117. The topological polar surface area (TPSA) is 70.7 Å². The van der Waals surface area contributed by atoms with Gasteiger partial charge in [-0.15, -0.1) is 0 Å². The Balaban J connectivity index is 1.71. The number of nitrogens with one attached hydrogen (secondary N) is 1. The van der Waals surface area contributed by atoms with E-state index in [1.54, 1.807) is 10.8 Å². The average molecular weight is 433 g/mol. The van der Waals surface area contributed by atoms with Gasteiger partial charge in [-0.2, -0.15) is 10.4 Å². The minimum Gasteiger partial charge on any atom is -0.345 e. The van der Waals surface area contributed by atoms with Gasteiger partial charge in [-0.05, 0) is 37.6 Å². The first kappa shape index (κ1) is 21.8. The number of para-hydroxylation sites is 1. The maximum atomic E-state index is 12.9. The molecule has 1 N–H and O–H groups in total. The lowest BCUT2D eigenvalue weighted by Crippen LogP contribution is -2.27. The normalized spacial score (nSPS) is 12.1. The van der Waals surface area contributed by atoms with Gasteiger partial charge in [-0.3, -0.25) is 4.79 Å². The number of carbonyl (C=O) groups excluding carboxylic acids is 1. The lowest BCUT2D eigenvalue weighted by Gasteiger charge is -2.13. The van der Waals surface area contributed by atoms with Crippen LogP contribution in [0.4, 0.5) is 0 Å². The number of hydrogen-bond donors (Lipinski definition) is 1. The summed E-state index contributed by atoms with van der Waals surface area (Å²) in [6, 6.07) is 29.3. The molecule has 33 heavy (non-hydrogen) atoms. The number of hydrogen-bond acceptors (Lipinski definition) is 3.